The van der Waals surface area contributed by atoms with E-state index in [4.69, 9.17) is 11.6 Å². The Morgan fingerprint density at radius 1 is 1.37 bits per heavy atom. The van der Waals surface area contributed by atoms with Crippen molar-refractivity contribution in [2.75, 3.05) is 0 Å². The first-order valence-corrected chi connectivity index (χ1v) is 5.98. The van der Waals surface area contributed by atoms with Crippen LogP contribution in [0.3, 0.4) is 0 Å². The van der Waals surface area contributed by atoms with E-state index in [1.807, 2.05) is 13.8 Å². The van der Waals surface area contributed by atoms with E-state index in [9.17, 15) is 20.2 Å². The van der Waals surface area contributed by atoms with Gasteiger partial charge in [0.15, 0.2) is 0 Å². The van der Waals surface area contributed by atoms with Gasteiger partial charge < -0.3 is 0 Å². The highest BCUT2D eigenvalue weighted by Gasteiger charge is 2.16. The Hall–Kier alpha value is -1.95. The van der Waals surface area contributed by atoms with Gasteiger partial charge in [-0.3, -0.25) is 20.2 Å². The maximum Gasteiger partial charge on any atom is 0.288 e. The lowest BCUT2D eigenvalue weighted by atomic mass is 10.1. The first-order valence-electron chi connectivity index (χ1n) is 5.60. The number of hydrogen-bond acceptors (Lipinski definition) is 4. The third-order valence-corrected chi connectivity index (χ3v) is 2.67. The molecule has 0 amide bonds. The van der Waals surface area contributed by atoms with E-state index in [0.717, 1.165) is 0 Å². The van der Waals surface area contributed by atoms with Crippen molar-refractivity contribution in [3.63, 3.8) is 0 Å². The molecule has 0 radical (unpaired) electrons. The Balaban J connectivity index is 3.18. The lowest BCUT2D eigenvalue weighted by Crippen LogP contribution is -2.02. The van der Waals surface area contributed by atoms with Crippen molar-refractivity contribution < 1.29 is 9.85 Å². The highest BCUT2D eigenvalue weighted by molar-refractivity contribution is 6.32. The highest BCUT2D eigenvalue weighted by atomic mass is 35.5. The third-order valence-electron chi connectivity index (χ3n) is 2.35. The summed E-state index contributed by atoms with van der Waals surface area (Å²) in [6.45, 7) is 3.73. The summed E-state index contributed by atoms with van der Waals surface area (Å²) in [4.78, 5) is 20.6. The number of nitro groups is 2. The summed E-state index contributed by atoms with van der Waals surface area (Å²) in [5.41, 5.74) is 0.151. The lowest BCUT2D eigenvalue weighted by molar-refractivity contribution is -0.427. The molecule has 0 aliphatic rings. The Labute approximate surface area is 115 Å². The van der Waals surface area contributed by atoms with Gasteiger partial charge >= 0.3 is 0 Å². The van der Waals surface area contributed by atoms with Crippen LogP contribution in [0, 0.1) is 26.1 Å². The predicted octanol–water partition coefficient (Wildman–Crippen LogP) is 3.91. The molecule has 0 aliphatic carbocycles. The number of halogens is 1. The zero-order chi connectivity index (χ0) is 14.6. The minimum atomic E-state index is -0.617. The van der Waals surface area contributed by atoms with Crippen LogP contribution in [0.25, 0.3) is 6.08 Å². The van der Waals surface area contributed by atoms with E-state index in [2.05, 4.69) is 0 Å². The van der Waals surface area contributed by atoms with Gasteiger partial charge in [0.25, 0.3) is 5.69 Å². The average Bonchev–Trinajstić information content (AvgIpc) is 2.29. The second kappa shape index (κ2) is 6.29. The molecular formula is C12H13ClN2O4. The van der Waals surface area contributed by atoms with Crippen LogP contribution in [0.5, 0.6) is 0 Å². The maximum absolute atomic E-state index is 10.9. The Kier molecular flexibility index (Phi) is 5.00. The van der Waals surface area contributed by atoms with Crippen LogP contribution < -0.4 is 0 Å². The summed E-state index contributed by atoms with van der Waals surface area (Å²) >= 11 is 5.68. The summed E-state index contributed by atoms with van der Waals surface area (Å²) in [6, 6.07) is 4.10. The molecule has 7 heteroatoms. The molecule has 6 nitrogen and oxygen atoms in total. The summed E-state index contributed by atoms with van der Waals surface area (Å²) in [5.74, 6) is 0.124. The molecule has 0 N–H and O–H groups in total. The van der Waals surface area contributed by atoms with Gasteiger partial charge in [0.05, 0.1) is 9.85 Å². The highest BCUT2D eigenvalue weighted by Crippen LogP contribution is 2.26. The molecule has 102 valence electrons. The summed E-state index contributed by atoms with van der Waals surface area (Å²) in [7, 11) is 0. The fourth-order valence-electron chi connectivity index (χ4n) is 1.56. The predicted molar refractivity (Wildman–Crippen MR) is 72.5 cm³/mol. The van der Waals surface area contributed by atoms with Crippen LogP contribution in [-0.4, -0.2) is 9.85 Å². The van der Waals surface area contributed by atoms with Crippen LogP contribution in [0.1, 0.15) is 25.8 Å². The quantitative estimate of drug-likeness (QED) is 0.606. The van der Waals surface area contributed by atoms with Gasteiger partial charge in [-0.15, -0.1) is 0 Å². The molecule has 0 bridgehead atoms. The Bertz CT molecular complexity index is 541. The van der Waals surface area contributed by atoms with Crippen LogP contribution in [0.4, 0.5) is 5.69 Å². The van der Waals surface area contributed by atoms with E-state index >= 15 is 0 Å². The van der Waals surface area contributed by atoms with E-state index in [1.165, 1.54) is 24.3 Å². The van der Waals surface area contributed by atoms with Gasteiger partial charge in [0, 0.05) is 18.6 Å². The van der Waals surface area contributed by atoms with Gasteiger partial charge in [0.1, 0.15) is 5.02 Å². The van der Waals surface area contributed by atoms with Crippen molar-refractivity contribution in [2.24, 2.45) is 5.92 Å². The van der Waals surface area contributed by atoms with Crippen LogP contribution in [0.2, 0.25) is 5.02 Å². The van der Waals surface area contributed by atoms with E-state index < -0.39 is 9.85 Å². The molecule has 0 unspecified atom stereocenters. The van der Waals surface area contributed by atoms with E-state index in [1.54, 1.807) is 0 Å². The lowest BCUT2D eigenvalue weighted by Gasteiger charge is -2.02. The summed E-state index contributed by atoms with van der Waals surface area (Å²) in [6.07, 6.45) is 1.63. The Morgan fingerprint density at radius 2 is 2.00 bits per heavy atom. The smallest absolute Gasteiger partial charge is 0.259 e. The largest absolute Gasteiger partial charge is 0.288 e. The number of hydrogen-bond donors (Lipinski definition) is 0. The fraction of sp³-hybridized carbons (Fsp3) is 0.333. The molecule has 0 spiro atoms. The van der Waals surface area contributed by atoms with Crippen molar-refractivity contribution in [3.05, 3.63) is 54.7 Å². The van der Waals surface area contributed by atoms with E-state index in [-0.39, 0.29) is 22.3 Å². The zero-order valence-electron chi connectivity index (χ0n) is 10.5. The van der Waals surface area contributed by atoms with Crippen molar-refractivity contribution in [2.45, 2.75) is 20.3 Å². The third kappa shape index (κ3) is 4.33. The molecular weight excluding hydrogens is 272 g/mol. The van der Waals surface area contributed by atoms with Gasteiger partial charge in [-0.05, 0) is 17.5 Å². The SMILES string of the molecule is CC(C)CC(=Cc1ccc(Cl)c([N+](=O)[O-])c1)[N+](=O)[O-]. The number of benzene rings is 1. The van der Waals surface area contributed by atoms with Gasteiger partial charge in [-0.1, -0.05) is 31.5 Å². The monoisotopic (exact) mass is 284 g/mol. The number of rotatable bonds is 5. The molecule has 1 aromatic carbocycles. The zero-order valence-corrected chi connectivity index (χ0v) is 11.3. The van der Waals surface area contributed by atoms with Crippen LogP contribution >= 0.6 is 11.6 Å². The first-order chi connectivity index (χ1) is 8.81. The minimum absolute atomic E-state index is 0.00802. The molecule has 0 atom stereocenters. The van der Waals surface area contributed by atoms with Crippen LogP contribution in [0.15, 0.2) is 23.9 Å². The van der Waals surface area contributed by atoms with Gasteiger partial charge in [0.2, 0.25) is 5.70 Å². The Morgan fingerprint density at radius 3 is 2.47 bits per heavy atom. The topological polar surface area (TPSA) is 86.3 Å². The molecule has 0 saturated heterocycles. The normalized spacial score (nSPS) is 11.7. The summed E-state index contributed by atoms with van der Waals surface area (Å²) < 4.78 is 0. The maximum atomic E-state index is 10.9. The van der Waals surface area contributed by atoms with Crippen molar-refractivity contribution in [1.29, 1.82) is 0 Å². The van der Waals surface area contributed by atoms with Crippen LogP contribution in [-0.2, 0) is 0 Å². The minimum Gasteiger partial charge on any atom is -0.259 e. The number of nitrogens with zero attached hydrogens (tertiary/aromatic N) is 2. The molecule has 0 fully saturated rings. The molecule has 0 heterocycles. The van der Waals surface area contributed by atoms with Gasteiger partial charge in [-0.2, -0.15) is 0 Å². The van der Waals surface area contributed by atoms with E-state index in [0.29, 0.717) is 12.0 Å². The molecule has 1 aromatic rings. The van der Waals surface area contributed by atoms with Crippen molar-refractivity contribution in [1.82, 2.24) is 0 Å². The van der Waals surface area contributed by atoms with Gasteiger partial charge in [-0.25, -0.2) is 0 Å². The second-order valence-electron chi connectivity index (χ2n) is 4.46. The second-order valence-corrected chi connectivity index (χ2v) is 4.87. The van der Waals surface area contributed by atoms with Crippen molar-refractivity contribution >= 4 is 23.4 Å². The average molecular weight is 285 g/mol. The molecule has 1 rings (SSSR count). The molecule has 0 aromatic heterocycles. The first kappa shape index (κ1) is 15.1. The summed E-state index contributed by atoms with van der Waals surface area (Å²) in [5, 5.41) is 21.6. The molecule has 0 saturated carbocycles. The molecule has 19 heavy (non-hydrogen) atoms. The number of allylic oxidation sites excluding steroid dienone is 1. The fourth-order valence-corrected chi connectivity index (χ4v) is 1.74. The number of nitro benzene ring substituents is 1. The standard InChI is InChI=1S/C12H13ClN2O4/c1-8(2)5-10(14(16)17)6-9-3-4-11(13)12(7-9)15(18)19/h3-4,6-8H,5H2,1-2H3. The van der Waals surface area contributed by atoms with Crippen molar-refractivity contribution in [3.8, 4) is 0 Å². The molecule has 0 aliphatic heterocycles.